The van der Waals surface area contributed by atoms with Gasteiger partial charge in [-0.2, -0.15) is 0 Å². The minimum Gasteiger partial charge on any atom is -0.497 e. The van der Waals surface area contributed by atoms with Crippen molar-refractivity contribution in [3.05, 3.63) is 47.9 Å². The molecule has 1 atom stereocenters. The Morgan fingerprint density at radius 2 is 2.00 bits per heavy atom. The smallest absolute Gasteiger partial charge is 0.223 e. The predicted octanol–water partition coefficient (Wildman–Crippen LogP) is 3.12. The van der Waals surface area contributed by atoms with Gasteiger partial charge in [0, 0.05) is 38.3 Å². The average Bonchev–Trinajstić information content (AvgIpc) is 3.14. The molecule has 152 valence electrons. The van der Waals surface area contributed by atoms with Crippen LogP contribution in [0, 0.1) is 6.92 Å². The van der Waals surface area contributed by atoms with Crippen molar-refractivity contribution in [3.8, 4) is 5.75 Å². The Morgan fingerprint density at radius 1 is 1.21 bits per heavy atom. The van der Waals surface area contributed by atoms with Gasteiger partial charge in [0.1, 0.15) is 23.5 Å². The fourth-order valence-electron chi connectivity index (χ4n) is 3.93. The lowest BCUT2D eigenvalue weighted by molar-refractivity contribution is -0.131. The van der Waals surface area contributed by atoms with Crippen LogP contribution in [-0.4, -0.2) is 59.0 Å². The molecule has 0 saturated carbocycles. The lowest BCUT2D eigenvalue weighted by Crippen LogP contribution is -2.49. The molecule has 7 nitrogen and oxygen atoms in total. The molecular weight excluding hydrogens is 366 g/mol. The number of rotatable bonds is 5. The highest BCUT2D eigenvalue weighted by Crippen LogP contribution is 2.26. The van der Waals surface area contributed by atoms with Gasteiger partial charge in [-0.3, -0.25) is 4.79 Å². The van der Waals surface area contributed by atoms with Crippen molar-refractivity contribution in [2.75, 3.05) is 38.2 Å². The molecule has 1 N–H and O–H groups in total. The second-order valence-electron chi connectivity index (χ2n) is 7.66. The van der Waals surface area contributed by atoms with Crippen molar-refractivity contribution in [1.82, 2.24) is 19.9 Å². The summed E-state index contributed by atoms with van der Waals surface area (Å²) in [6.45, 7) is 7.07. The number of aryl methyl sites for hydroxylation is 1. The van der Waals surface area contributed by atoms with E-state index in [-0.39, 0.29) is 11.8 Å². The number of benzene rings is 1. The van der Waals surface area contributed by atoms with Crippen LogP contribution in [0.4, 0.5) is 5.82 Å². The summed E-state index contributed by atoms with van der Waals surface area (Å²) in [5, 5.41) is 1.04. The first kappa shape index (κ1) is 19.2. The minimum absolute atomic E-state index is 0.153. The summed E-state index contributed by atoms with van der Waals surface area (Å²) in [5.74, 6) is 2.12. The highest BCUT2D eigenvalue weighted by Gasteiger charge is 2.24. The van der Waals surface area contributed by atoms with E-state index < -0.39 is 0 Å². The van der Waals surface area contributed by atoms with Gasteiger partial charge in [0.05, 0.1) is 12.5 Å². The number of aromatic amines is 1. The molecule has 0 aliphatic carbocycles. The molecule has 1 aromatic carbocycles. The van der Waals surface area contributed by atoms with Crippen molar-refractivity contribution in [3.63, 3.8) is 0 Å². The predicted molar refractivity (Wildman–Crippen MR) is 113 cm³/mol. The van der Waals surface area contributed by atoms with Crippen molar-refractivity contribution >= 4 is 22.8 Å². The van der Waals surface area contributed by atoms with E-state index in [4.69, 9.17) is 4.74 Å². The lowest BCUT2D eigenvalue weighted by Gasteiger charge is -2.36. The van der Waals surface area contributed by atoms with Crippen molar-refractivity contribution in [1.29, 1.82) is 0 Å². The van der Waals surface area contributed by atoms with E-state index in [9.17, 15) is 4.79 Å². The van der Waals surface area contributed by atoms with Crippen molar-refractivity contribution < 1.29 is 9.53 Å². The molecule has 1 saturated heterocycles. The number of nitrogens with one attached hydrogen (secondary N) is 1. The Balaban J connectivity index is 1.38. The average molecular weight is 393 g/mol. The molecule has 1 aliphatic rings. The third-order valence-electron chi connectivity index (χ3n) is 5.61. The first-order valence-electron chi connectivity index (χ1n) is 10.0. The molecule has 0 spiro atoms. The number of amides is 1. The van der Waals surface area contributed by atoms with E-state index in [1.54, 1.807) is 13.4 Å². The number of hydrogen-bond acceptors (Lipinski definition) is 5. The van der Waals surface area contributed by atoms with E-state index in [1.165, 1.54) is 0 Å². The highest BCUT2D eigenvalue weighted by molar-refractivity contribution is 5.88. The Morgan fingerprint density at radius 3 is 2.76 bits per heavy atom. The van der Waals surface area contributed by atoms with Crippen LogP contribution in [0.15, 0.2) is 36.7 Å². The van der Waals surface area contributed by atoms with E-state index in [0.717, 1.165) is 46.9 Å². The zero-order chi connectivity index (χ0) is 20.4. The van der Waals surface area contributed by atoms with Gasteiger partial charge >= 0.3 is 0 Å². The number of hydrogen-bond donors (Lipinski definition) is 1. The second kappa shape index (κ2) is 8.11. The van der Waals surface area contributed by atoms with Crippen LogP contribution in [0.25, 0.3) is 11.0 Å². The summed E-state index contributed by atoms with van der Waals surface area (Å²) < 4.78 is 5.30. The second-order valence-corrected chi connectivity index (χ2v) is 7.66. The van der Waals surface area contributed by atoms with E-state index in [1.807, 2.05) is 30.0 Å². The SMILES string of the molecule is COc1cccc([C@H](C)CC(=O)N2CCN(c3ncnc4[nH]c(C)cc34)CC2)c1. The van der Waals surface area contributed by atoms with Gasteiger partial charge in [-0.05, 0) is 36.6 Å². The van der Waals surface area contributed by atoms with E-state index >= 15 is 0 Å². The first-order chi connectivity index (χ1) is 14.0. The molecule has 1 aliphatic heterocycles. The topological polar surface area (TPSA) is 74.3 Å². The maximum Gasteiger partial charge on any atom is 0.223 e. The van der Waals surface area contributed by atoms with Crippen LogP contribution in [-0.2, 0) is 4.79 Å². The maximum absolute atomic E-state index is 12.8. The van der Waals surface area contributed by atoms with E-state index in [0.29, 0.717) is 19.5 Å². The molecule has 3 aromatic rings. The number of carbonyl (C=O) groups is 1. The van der Waals surface area contributed by atoms with Crippen LogP contribution in [0.2, 0.25) is 0 Å². The number of nitrogens with zero attached hydrogens (tertiary/aromatic N) is 4. The summed E-state index contributed by atoms with van der Waals surface area (Å²) in [6, 6.07) is 10.0. The lowest BCUT2D eigenvalue weighted by atomic mass is 9.97. The Bertz CT molecular complexity index is 1010. The Hall–Kier alpha value is -3.09. The molecule has 3 heterocycles. The number of piperazine rings is 1. The largest absolute Gasteiger partial charge is 0.497 e. The van der Waals surface area contributed by atoms with Crippen LogP contribution in [0.5, 0.6) is 5.75 Å². The Labute approximate surface area is 170 Å². The van der Waals surface area contributed by atoms with Crippen LogP contribution in [0.3, 0.4) is 0 Å². The summed E-state index contributed by atoms with van der Waals surface area (Å²) in [5.41, 5.74) is 3.06. The zero-order valence-electron chi connectivity index (χ0n) is 17.2. The van der Waals surface area contributed by atoms with Gasteiger partial charge < -0.3 is 19.5 Å². The summed E-state index contributed by atoms with van der Waals surface area (Å²) >= 11 is 0. The highest BCUT2D eigenvalue weighted by atomic mass is 16.5. The number of carbonyl (C=O) groups excluding carboxylic acids is 1. The van der Waals surface area contributed by atoms with Gasteiger partial charge in [-0.25, -0.2) is 9.97 Å². The van der Waals surface area contributed by atoms with Gasteiger partial charge in [0.2, 0.25) is 5.91 Å². The fourth-order valence-corrected chi connectivity index (χ4v) is 3.93. The number of fused-ring (bicyclic) bond motifs is 1. The van der Waals surface area contributed by atoms with Crippen LogP contribution < -0.4 is 9.64 Å². The molecule has 1 fully saturated rings. The summed E-state index contributed by atoms with van der Waals surface area (Å²) in [6.07, 6.45) is 2.10. The summed E-state index contributed by atoms with van der Waals surface area (Å²) in [4.78, 5) is 29.1. The molecule has 0 bridgehead atoms. The maximum atomic E-state index is 12.8. The normalized spacial score (nSPS) is 15.6. The van der Waals surface area contributed by atoms with Crippen LogP contribution >= 0.6 is 0 Å². The van der Waals surface area contributed by atoms with Gasteiger partial charge in [0.15, 0.2) is 0 Å². The standard InChI is InChI=1S/C22H27N5O2/c1-15(17-5-4-6-18(13-17)29-3)11-20(28)26-7-9-27(10-8-26)22-19-12-16(2)25-21(19)23-14-24-22/h4-6,12-15H,7-11H2,1-3H3,(H,23,24,25)/t15-/m1/s1. The third kappa shape index (κ3) is 4.04. The first-order valence-corrected chi connectivity index (χ1v) is 10.0. The van der Waals surface area contributed by atoms with Crippen molar-refractivity contribution in [2.24, 2.45) is 0 Å². The number of methoxy groups -OCH3 is 1. The monoisotopic (exact) mass is 393 g/mol. The Kier molecular flexibility index (Phi) is 5.38. The minimum atomic E-state index is 0.153. The molecule has 7 heteroatoms. The number of H-pyrrole nitrogens is 1. The number of aromatic nitrogens is 3. The van der Waals surface area contributed by atoms with Crippen LogP contribution in [0.1, 0.15) is 30.5 Å². The quantitative estimate of drug-likeness (QED) is 0.721. The zero-order valence-corrected chi connectivity index (χ0v) is 17.2. The van der Waals surface area contributed by atoms with E-state index in [2.05, 4.69) is 38.9 Å². The molecular formula is C22H27N5O2. The molecule has 2 aromatic heterocycles. The molecule has 0 unspecified atom stereocenters. The molecule has 1 amide bonds. The fraction of sp³-hybridized carbons (Fsp3) is 0.409. The molecule has 0 radical (unpaired) electrons. The van der Waals surface area contributed by atoms with Crippen molar-refractivity contribution in [2.45, 2.75) is 26.2 Å². The molecule has 4 rings (SSSR count). The van der Waals surface area contributed by atoms with Gasteiger partial charge in [-0.15, -0.1) is 0 Å². The van der Waals surface area contributed by atoms with Gasteiger partial charge in [-0.1, -0.05) is 19.1 Å². The molecule has 29 heavy (non-hydrogen) atoms. The number of anilines is 1. The van der Waals surface area contributed by atoms with Gasteiger partial charge in [0.25, 0.3) is 0 Å². The third-order valence-corrected chi connectivity index (χ3v) is 5.61. The number of ether oxygens (including phenoxy) is 1. The summed E-state index contributed by atoms with van der Waals surface area (Å²) in [7, 11) is 1.66.